The van der Waals surface area contributed by atoms with Crippen LogP contribution in [0, 0.1) is 0 Å². The first-order valence-electron chi connectivity index (χ1n) is 10.8. The molecule has 2 bridgehead atoms. The van der Waals surface area contributed by atoms with Crippen LogP contribution in [0.5, 0.6) is 5.75 Å². The van der Waals surface area contributed by atoms with Gasteiger partial charge < -0.3 is 9.64 Å². The lowest BCUT2D eigenvalue weighted by molar-refractivity contribution is -0.141. The van der Waals surface area contributed by atoms with Crippen LogP contribution in [0.2, 0.25) is 0 Å². The highest BCUT2D eigenvalue weighted by molar-refractivity contribution is 6.00. The van der Waals surface area contributed by atoms with E-state index in [4.69, 9.17) is 4.74 Å². The fraction of sp³-hybridized carbons (Fsp3) is 0.308. The van der Waals surface area contributed by atoms with Gasteiger partial charge in [0.05, 0.1) is 11.6 Å². The fourth-order valence-corrected chi connectivity index (χ4v) is 4.96. The molecule has 5 rings (SSSR count). The molecular weight excluding hydrogens is 388 g/mol. The molecule has 3 atom stereocenters. The Morgan fingerprint density at radius 3 is 2.39 bits per heavy atom. The number of ketones is 1. The van der Waals surface area contributed by atoms with Crippen molar-refractivity contribution in [2.24, 2.45) is 0 Å². The van der Waals surface area contributed by atoms with Gasteiger partial charge in [-0.15, -0.1) is 0 Å². The van der Waals surface area contributed by atoms with E-state index >= 15 is 0 Å². The van der Waals surface area contributed by atoms with Crippen molar-refractivity contribution in [2.75, 3.05) is 13.6 Å². The van der Waals surface area contributed by atoms with Gasteiger partial charge in [-0.1, -0.05) is 54.6 Å². The van der Waals surface area contributed by atoms with Gasteiger partial charge in [-0.3, -0.25) is 14.5 Å². The minimum atomic E-state index is -0.345. The van der Waals surface area contributed by atoms with Crippen LogP contribution in [-0.2, 0) is 22.6 Å². The molecule has 2 aromatic carbocycles. The molecule has 31 heavy (non-hydrogen) atoms. The van der Waals surface area contributed by atoms with Crippen LogP contribution in [0.15, 0.2) is 78.9 Å². The Morgan fingerprint density at radius 2 is 1.68 bits per heavy atom. The minimum absolute atomic E-state index is 0.00981. The number of likely N-dealkylation sites (N-methyl/N-ethyl adjacent to an activating group) is 1. The van der Waals surface area contributed by atoms with Crippen LogP contribution < -0.4 is 4.74 Å². The van der Waals surface area contributed by atoms with Gasteiger partial charge in [0, 0.05) is 19.6 Å². The van der Waals surface area contributed by atoms with E-state index in [0.29, 0.717) is 13.0 Å². The molecule has 158 valence electrons. The van der Waals surface area contributed by atoms with Crippen molar-refractivity contribution in [3.05, 3.63) is 90.0 Å². The zero-order chi connectivity index (χ0) is 21.4. The summed E-state index contributed by atoms with van der Waals surface area (Å²) in [6.45, 7) is 1.36. The van der Waals surface area contributed by atoms with Gasteiger partial charge >= 0.3 is 0 Å². The van der Waals surface area contributed by atoms with Crippen molar-refractivity contribution < 1.29 is 14.3 Å². The molecule has 0 N–H and O–H groups in total. The maximum atomic E-state index is 13.2. The highest BCUT2D eigenvalue weighted by atomic mass is 16.5. The molecule has 2 heterocycles. The Balaban J connectivity index is 1.31. The standard InChI is InChI=1S/C26H26N2O3/c1-27-21-16-26(13-11-22(29)12-14-26)28(17-21)24(25(27)30)15-19-7-9-23(10-8-19)31-18-20-5-3-2-4-6-20/h2-14,21,24H,15-18H2,1H3/t21-,24-/m0/s1. The summed E-state index contributed by atoms with van der Waals surface area (Å²) in [5, 5.41) is 0. The first kappa shape index (κ1) is 19.8. The minimum Gasteiger partial charge on any atom is -0.489 e. The highest BCUT2D eigenvalue weighted by Crippen LogP contribution is 2.41. The van der Waals surface area contributed by atoms with Gasteiger partial charge in [-0.2, -0.15) is 0 Å². The van der Waals surface area contributed by atoms with E-state index in [-0.39, 0.29) is 29.3 Å². The van der Waals surface area contributed by atoms with Crippen molar-refractivity contribution in [1.29, 1.82) is 0 Å². The average molecular weight is 415 g/mol. The van der Waals surface area contributed by atoms with Crippen LogP contribution in [-0.4, -0.2) is 52.7 Å². The Hall–Kier alpha value is -3.18. The molecule has 2 aromatic rings. The van der Waals surface area contributed by atoms with E-state index in [2.05, 4.69) is 4.90 Å². The lowest BCUT2D eigenvalue weighted by Crippen LogP contribution is -2.59. The summed E-state index contributed by atoms with van der Waals surface area (Å²) in [7, 11) is 1.90. The van der Waals surface area contributed by atoms with Crippen LogP contribution in [0.1, 0.15) is 17.5 Å². The van der Waals surface area contributed by atoms with E-state index in [0.717, 1.165) is 29.8 Å². The lowest BCUT2D eigenvalue weighted by atomic mass is 9.89. The van der Waals surface area contributed by atoms with E-state index in [1.807, 2.05) is 78.7 Å². The van der Waals surface area contributed by atoms with Crippen molar-refractivity contribution in [1.82, 2.24) is 9.80 Å². The maximum Gasteiger partial charge on any atom is 0.240 e. The number of nitrogens with zero attached hydrogens (tertiary/aromatic N) is 2. The van der Waals surface area contributed by atoms with Crippen molar-refractivity contribution >= 4 is 11.7 Å². The molecule has 2 saturated heterocycles. The molecule has 5 heteroatoms. The lowest BCUT2D eigenvalue weighted by Gasteiger charge is -2.42. The predicted octanol–water partition coefficient (Wildman–Crippen LogP) is 3.16. The van der Waals surface area contributed by atoms with Gasteiger partial charge in [0.25, 0.3) is 0 Å². The molecule has 0 saturated carbocycles. The zero-order valence-corrected chi connectivity index (χ0v) is 17.6. The number of ether oxygens (including phenoxy) is 1. The van der Waals surface area contributed by atoms with Gasteiger partial charge in [-0.25, -0.2) is 0 Å². The van der Waals surface area contributed by atoms with Crippen molar-refractivity contribution in [2.45, 2.75) is 37.1 Å². The Labute approximate surface area is 182 Å². The number of piperazine rings is 1. The van der Waals surface area contributed by atoms with Gasteiger partial charge in [-0.05, 0) is 48.3 Å². The summed E-state index contributed by atoms with van der Waals surface area (Å²) in [5.41, 5.74) is 1.88. The predicted molar refractivity (Wildman–Crippen MR) is 119 cm³/mol. The zero-order valence-electron chi connectivity index (χ0n) is 17.6. The molecule has 0 radical (unpaired) electrons. The first-order chi connectivity index (χ1) is 15.0. The van der Waals surface area contributed by atoms with Crippen LogP contribution in [0.25, 0.3) is 0 Å². The summed E-state index contributed by atoms with van der Waals surface area (Å²) in [4.78, 5) is 29.0. The Kier molecular flexibility index (Phi) is 4.98. The second-order valence-corrected chi connectivity index (χ2v) is 8.66. The number of benzene rings is 2. The Bertz CT molecular complexity index is 1030. The van der Waals surface area contributed by atoms with Gasteiger partial charge in [0.15, 0.2) is 5.78 Å². The van der Waals surface area contributed by atoms with E-state index < -0.39 is 0 Å². The van der Waals surface area contributed by atoms with Crippen LogP contribution in [0.4, 0.5) is 0 Å². The van der Waals surface area contributed by atoms with Crippen LogP contribution >= 0.6 is 0 Å². The molecule has 2 fully saturated rings. The van der Waals surface area contributed by atoms with E-state index in [9.17, 15) is 9.59 Å². The van der Waals surface area contributed by atoms with Crippen LogP contribution in [0.3, 0.4) is 0 Å². The number of hydrogen-bond acceptors (Lipinski definition) is 4. The maximum absolute atomic E-state index is 13.2. The summed E-state index contributed by atoms with van der Waals surface area (Å²) in [6.07, 6.45) is 8.71. The summed E-state index contributed by atoms with van der Waals surface area (Å²) >= 11 is 0. The first-order valence-corrected chi connectivity index (χ1v) is 10.8. The monoisotopic (exact) mass is 414 g/mol. The number of rotatable bonds is 5. The SMILES string of the molecule is CN1C(=O)[C@H](Cc2ccc(OCc3ccccc3)cc2)N2C[C@@H]1CC21C=CC(=O)C=C1. The third-order valence-corrected chi connectivity index (χ3v) is 6.73. The molecule has 1 unspecified atom stereocenters. The quantitative estimate of drug-likeness (QED) is 0.754. The average Bonchev–Trinajstić information content (AvgIpc) is 3.14. The summed E-state index contributed by atoms with van der Waals surface area (Å²) in [5.74, 6) is 0.973. The fourth-order valence-electron chi connectivity index (χ4n) is 4.96. The second-order valence-electron chi connectivity index (χ2n) is 8.66. The molecule has 3 aliphatic rings. The van der Waals surface area contributed by atoms with Gasteiger partial charge in [0.2, 0.25) is 5.91 Å². The van der Waals surface area contributed by atoms with Gasteiger partial charge in [0.1, 0.15) is 12.4 Å². The molecule has 1 aliphatic carbocycles. The number of hydrogen-bond donors (Lipinski definition) is 0. The Morgan fingerprint density at radius 1 is 0.968 bits per heavy atom. The normalized spacial score (nSPS) is 26.0. The molecule has 5 nitrogen and oxygen atoms in total. The smallest absolute Gasteiger partial charge is 0.240 e. The number of fused-ring (bicyclic) bond motifs is 3. The number of carbonyl (C=O) groups excluding carboxylic acids is 2. The highest BCUT2D eigenvalue weighted by Gasteiger charge is 2.54. The molecule has 2 aliphatic heterocycles. The van der Waals surface area contributed by atoms with Crippen molar-refractivity contribution in [3.8, 4) is 5.75 Å². The molecule has 1 spiro atoms. The second kappa shape index (κ2) is 7.82. The van der Waals surface area contributed by atoms with Crippen molar-refractivity contribution in [3.63, 3.8) is 0 Å². The number of allylic oxidation sites excluding steroid dienone is 2. The number of carbonyl (C=O) groups is 2. The third-order valence-electron chi connectivity index (χ3n) is 6.73. The largest absolute Gasteiger partial charge is 0.489 e. The topological polar surface area (TPSA) is 49.9 Å². The summed E-state index contributed by atoms with van der Waals surface area (Å²) in [6, 6.07) is 18.0. The summed E-state index contributed by atoms with van der Waals surface area (Å²) < 4.78 is 5.89. The third kappa shape index (κ3) is 3.70. The molecule has 1 amide bonds. The molecular formula is C26H26N2O3. The number of amides is 1. The molecule has 0 aromatic heterocycles. The van der Waals surface area contributed by atoms with E-state index in [1.165, 1.54) is 0 Å². The van der Waals surface area contributed by atoms with E-state index in [1.54, 1.807) is 12.2 Å².